The number of nitrogens with one attached hydrogen (secondary N) is 1. The van der Waals surface area contributed by atoms with Crippen LogP contribution in [0.1, 0.15) is 35.3 Å². The highest BCUT2D eigenvalue weighted by molar-refractivity contribution is 5.53. The number of aromatic nitrogens is 1. The Kier molecular flexibility index (Phi) is 5.64. The lowest BCUT2D eigenvalue weighted by molar-refractivity contribution is 0.281. The zero-order valence-electron chi connectivity index (χ0n) is 14.7. The van der Waals surface area contributed by atoms with E-state index in [9.17, 15) is 5.11 Å². The molecule has 2 aromatic carbocycles. The summed E-state index contributed by atoms with van der Waals surface area (Å²) in [6, 6.07) is 16.4. The normalized spacial score (nSPS) is 12.3. The molecule has 0 aliphatic carbocycles. The van der Waals surface area contributed by atoms with Crippen molar-refractivity contribution < 1.29 is 9.52 Å². The van der Waals surface area contributed by atoms with E-state index in [-0.39, 0.29) is 12.6 Å². The molecule has 25 heavy (non-hydrogen) atoms. The van der Waals surface area contributed by atoms with Crippen LogP contribution in [0.25, 0.3) is 11.5 Å². The van der Waals surface area contributed by atoms with Crippen molar-refractivity contribution in [3.63, 3.8) is 0 Å². The van der Waals surface area contributed by atoms with E-state index >= 15 is 0 Å². The quantitative estimate of drug-likeness (QED) is 0.684. The maximum absolute atomic E-state index is 9.24. The van der Waals surface area contributed by atoms with E-state index in [0.29, 0.717) is 5.89 Å². The lowest BCUT2D eigenvalue weighted by Crippen LogP contribution is -2.21. The van der Waals surface area contributed by atoms with Crippen molar-refractivity contribution in [1.29, 1.82) is 0 Å². The Morgan fingerprint density at radius 2 is 1.96 bits per heavy atom. The summed E-state index contributed by atoms with van der Waals surface area (Å²) in [7, 11) is 0. The number of hydrogen-bond donors (Lipinski definition) is 2. The summed E-state index contributed by atoms with van der Waals surface area (Å²) in [5.41, 5.74) is 5.27. The predicted octanol–water partition coefficient (Wildman–Crippen LogP) is 4.04. The Morgan fingerprint density at radius 3 is 2.72 bits per heavy atom. The van der Waals surface area contributed by atoms with Gasteiger partial charge in [-0.25, -0.2) is 4.98 Å². The summed E-state index contributed by atoms with van der Waals surface area (Å²) in [6.45, 7) is 5.07. The fourth-order valence-corrected chi connectivity index (χ4v) is 2.75. The molecule has 0 aliphatic heterocycles. The van der Waals surface area contributed by atoms with Gasteiger partial charge in [0.25, 0.3) is 0 Å². The molecule has 0 fully saturated rings. The third-order valence-electron chi connectivity index (χ3n) is 4.32. The summed E-state index contributed by atoms with van der Waals surface area (Å²) >= 11 is 0. The molecule has 0 bridgehead atoms. The first kappa shape index (κ1) is 17.4. The molecule has 1 aromatic heterocycles. The molecule has 130 valence electrons. The number of aliphatic hydroxyl groups is 1. The Hall–Kier alpha value is -2.43. The summed E-state index contributed by atoms with van der Waals surface area (Å²) in [5.74, 6) is 0.665. The predicted molar refractivity (Wildman–Crippen MR) is 99.2 cm³/mol. The number of rotatable bonds is 7. The van der Waals surface area contributed by atoms with Crippen molar-refractivity contribution in [2.24, 2.45) is 0 Å². The molecule has 1 heterocycles. The van der Waals surface area contributed by atoms with Crippen molar-refractivity contribution in [2.45, 2.75) is 32.9 Å². The molecule has 3 rings (SSSR count). The standard InChI is InChI=1S/C21H24N2O2/c1-15-6-8-18(9-7-15)21-23-20(14-25-21)10-11-22-16(2)19-5-3-4-17(12-19)13-24/h3-9,12,14,16,22,24H,10-11,13H2,1-2H3. The fraction of sp³-hybridized carbons (Fsp3) is 0.286. The molecule has 0 radical (unpaired) electrons. The average molecular weight is 336 g/mol. The highest BCUT2D eigenvalue weighted by atomic mass is 16.3. The molecular weight excluding hydrogens is 312 g/mol. The van der Waals surface area contributed by atoms with Gasteiger partial charge < -0.3 is 14.8 Å². The molecule has 3 aromatic rings. The number of nitrogens with zero attached hydrogens (tertiary/aromatic N) is 1. The third kappa shape index (κ3) is 4.56. The summed E-state index contributed by atoms with van der Waals surface area (Å²) < 4.78 is 5.60. The lowest BCUT2D eigenvalue weighted by atomic mass is 10.1. The van der Waals surface area contributed by atoms with Crippen LogP contribution in [-0.2, 0) is 13.0 Å². The fourth-order valence-electron chi connectivity index (χ4n) is 2.75. The number of aryl methyl sites for hydroxylation is 1. The zero-order chi connectivity index (χ0) is 17.6. The van der Waals surface area contributed by atoms with E-state index in [1.807, 2.05) is 30.3 Å². The van der Waals surface area contributed by atoms with E-state index in [1.165, 1.54) is 11.1 Å². The highest BCUT2D eigenvalue weighted by Crippen LogP contribution is 2.19. The number of aliphatic hydroxyl groups excluding tert-OH is 1. The van der Waals surface area contributed by atoms with Gasteiger partial charge in [-0.3, -0.25) is 0 Å². The third-order valence-corrected chi connectivity index (χ3v) is 4.32. The molecule has 0 amide bonds. The van der Waals surface area contributed by atoms with Crippen LogP contribution in [0.2, 0.25) is 0 Å². The monoisotopic (exact) mass is 336 g/mol. The van der Waals surface area contributed by atoms with E-state index < -0.39 is 0 Å². The molecule has 0 saturated heterocycles. The molecule has 2 N–H and O–H groups in total. The molecule has 0 aliphatic rings. The minimum atomic E-state index is 0.0707. The largest absolute Gasteiger partial charge is 0.444 e. The highest BCUT2D eigenvalue weighted by Gasteiger charge is 2.08. The SMILES string of the molecule is Cc1ccc(-c2nc(CCNC(C)c3cccc(CO)c3)co2)cc1. The second-order valence-electron chi connectivity index (χ2n) is 6.34. The van der Waals surface area contributed by atoms with Crippen LogP contribution in [0.5, 0.6) is 0 Å². The van der Waals surface area contributed by atoms with Gasteiger partial charge in [0, 0.05) is 24.6 Å². The molecule has 0 saturated carbocycles. The Bertz CT molecular complexity index is 809. The number of hydrogen-bond acceptors (Lipinski definition) is 4. The first-order valence-electron chi connectivity index (χ1n) is 8.60. The topological polar surface area (TPSA) is 58.3 Å². The van der Waals surface area contributed by atoms with Crippen LogP contribution < -0.4 is 5.32 Å². The van der Waals surface area contributed by atoms with Crippen LogP contribution in [0.4, 0.5) is 0 Å². The average Bonchev–Trinajstić information content (AvgIpc) is 3.11. The lowest BCUT2D eigenvalue weighted by Gasteiger charge is -2.14. The van der Waals surface area contributed by atoms with Gasteiger partial charge in [0.2, 0.25) is 5.89 Å². The maximum atomic E-state index is 9.24. The Morgan fingerprint density at radius 1 is 1.16 bits per heavy atom. The van der Waals surface area contributed by atoms with Crippen molar-refractivity contribution in [3.8, 4) is 11.5 Å². The summed E-state index contributed by atoms with van der Waals surface area (Å²) in [4.78, 5) is 4.57. The van der Waals surface area contributed by atoms with Crippen molar-refractivity contribution in [3.05, 3.63) is 77.2 Å². The maximum Gasteiger partial charge on any atom is 0.226 e. The van der Waals surface area contributed by atoms with Gasteiger partial charge in [-0.05, 0) is 37.1 Å². The number of oxazole rings is 1. The molecule has 4 heteroatoms. The second-order valence-corrected chi connectivity index (χ2v) is 6.34. The van der Waals surface area contributed by atoms with Gasteiger partial charge in [0.1, 0.15) is 6.26 Å². The summed E-state index contributed by atoms with van der Waals surface area (Å²) in [5, 5.41) is 12.7. The first-order valence-corrected chi connectivity index (χ1v) is 8.60. The van der Waals surface area contributed by atoms with Crippen LogP contribution in [0, 0.1) is 6.92 Å². The second kappa shape index (κ2) is 8.10. The molecular formula is C21H24N2O2. The van der Waals surface area contributed by atoms with Crippen molar-refractivity contribution >= 4 is 0 Å². The Balaban J connectivity index is 1.54. The van der Waals surface area contributed by atoms with Gasteiger partial charge in [-0.2, -0.15) is 0 Å². The van der Waals surface area contributed by atoms with E-state index in [2.05, 4.69) is 42.3 Å². The van der Waals surface area contributed by atoms with E-state index in [4.69, 9.17) is 4.42 Å². The van der Waals surface area contributed by atoms with Crippen LogP contribution in [-0.4, -0.2) is 16.6 Å². The van der Waals surface area contributed by atoms with Crippen LogP contribution in [0.3, 0.4) is 0 Å². The van der Waals surface area contributed by atoms with Crippen LogP contribution >= 0.6 is 0 Å². The smallest absolute Gasteiger partial charge is 0.226 e. The van der Waals surface area contributed by atoms with Crippen molar-refractivity contribution in [1.82, 2.24) is 10.3 Å². The first-order chi connectivity index (χ1) is 12.2. The van der Waals surface area contributed by atoms with E-state index in [1.54, 1.807) is 6.26 Å². The molecule has 1 unspecified atom stereocenters. The number of benzene rings is 2. The molecule has 1 atom stereocenters. The molecule has 0 spiro atoms. The summed E-state index contributed by atoms with van der Waals surface area (Å²) in [6.07, 6.45) is 2.54. The van der Waals surface area contributed by atoms with Gasteiger partial charge in [-0.1, -0.05) is 42.0 Å². The Labute approximate surface area is 148 Å². The van der Waals surface area contributed by atoms with E-state index in [0.717, 1.165) is 29.8 Å². The van der Waals surface area contributed by atoms with Crippen LogP contribution in [0.15, 0.2) is 59.2 Å². The zero-order valence-corrected chi connectivity index (χ0v) is 14.7. The van der Waals surface area contributed by atoms with Gasteiger partial charge in [0.05, 0.1) is 12.3 Å². The molecule has 4 nitrogen and oxygen atoms in total. The van der Waals surface area contributed by atoms with Crippen molar-refractivity contribution in [2.75, 3.05) is 6.54 Å². The minimum Gasteiger partial charge on any atom is -0.444 e. The van der Waals surface area contributed by atoms with Gasteiger partial charge in [-0.15, -0.1) is 0 Å². The van der Waals surface area contributed by atoms with Gasteiger partial charge in [0.15, 0.2) is 0 Å². The van der Waals surface area contributed by atoms with Gasteiger partial charge >= 0.3 is 0 Å². The minimum absolute atomic E-state index is 0.0707.